The third kappa shape index (κ3) is 3.98. The molecule has 29 heavy (non-hydrogen) atoms. The zero-order valence-corrected chi connectivity index (χ0v) is 17.1. The molecule has 1 saturated heterocycles. The van der Waals surface area contributed by atoms with Crippen molar-refractivity contribution < 1.29 is 23.5 Å². The lowest BCUT2D eigenvalue weighted by Crippen LogP contribution is -2.50. The second-order valence-electron chi connectivity index (χ2n) is 6.83. The van der Waals surface area contributed by atoms with Gasteiger partial charge in [-0.2, -0.15) is 0 Å². The molecule has 0 spiro atoms. The summed E-state index contributed by atoms with van der Waals surface area (Å²) >= 11 is 5.98. The maximum atomic E-state index is 13.2. The van der Waals surface area contributed by atoms with Crippen LogP contribution in [0.4, 0.5) is 4.39 Å². The Bertz CT molecular complexity index is 980. The molecule has 154 valence electrons. The summed E-state index contributed by atoms with van der Waals surface area (Å²) in [6, 6.07) is 3.65. The van der Waals surface area contributed by atoms with Crippen molar-refractivity contribution in [3.8, 4) is 0 Å². The number of H-pyrrole nitrogens is 1. The lowest BCUT2D eigenvalue weighted by molar-refractivity contribution is 0.0532. The van der Waals surface area contributed by atoms with Gasteiger partial charge in [0.2, 0.25) is 0 Å². The first-order valence-corrected chi connectivity index (χ1v) is 9.43. The zero-order valence-electron chi connectivity index (χ0n) is 16.3. The van der Waals surface area contributed by atoms with Gasteiger partial charge in [-0.05, 0) is 37.6 Å². The van der Waals surface area contributed by atoms with Gasteiger partial charge in [0.05, 0.1) is 23.3 Å². The third-order valence-electron chi connectivity index (χ3n) is 5.06. The topological polar surface area (TPSA) is 82.7 Å². The Morgan fingerprint density at radius 3 is 2.21 bits per heavy atom. The van der Waals surface area contributed by atoms with Crippen LogP contribution in [0.5, 0.6) is 0 Å². The fourth-order valence-corrected chi connectivity index (χ4v) is 3.72. The first kappa shape index (κ1) is 20.9. The lowest BCUT2D eigenvalue weighted by Gasteiger charge is -2.34. The Morgan fingerprint density at radius 2 is 1.66 bits per heavy atom. The van der Waals surface area contributed by atoms with E-state index in [2.05, 4.69) is 4.98 Å². The number of ether oxygens (including phenoxy) is 1. The molecule has 0 bridgehead atoms. The molecule has 0 aliphatic carbocycles. The van der Waals surface area contributed by atoms with E-state index in [1.807, 2.05) is 0 Å². The maximum absolute atomic E-state index is 13.2. The SMILES string of the molecule is COC(=O)c1c(C)[nH]c(C(=O)N2CCN(C(=O)c3ccc(F)cc3Cl)CC2)c1C. The van der Waals surface area contributed by atoms with Crippen LogP contribution >= 0.6 is 11.6 Å². The van der Waals surface area contributed by atoms with Crippen molar-refractivity contribution in [1.82, 2.24) is 14.8 Å². The van der Waals surface area contributed by atoms with Gasteiger partial charge in [0.25, 0.3) is 11.8 Å². The maximum Gasteiger partial charge on any atom is 0.339 e. The molecule has 2 aromatic rings. The highest BCUT2D eigenvalue weighted by Gasteiger charge is 2.30. The van der Waals surface area contributed by atoms with Gasteiger partial charge in [-0.3, -0.25) is 9.59 Å². The van der Waals surface area contributed by atoms with Gasteiger partial charge in [-0.15, -0.1) is 0 Å². The van der Waals surface area contributed by atoms with Crippen LogP contribution < -0.4 is 0 Å². The van der Waals surface area contributed by atoms with Crippen LogP contribution in [0, 0.1) is 19.7 Å². The smallest absolute Gasteiger partial charge is 0.339 e. The highest BCUT2D eigenvalue weighted by atomic mass is 35.5. The molecule has 1 aromatic carbocycles. The number of carbonyl (C=O) groups is 3. The predicted molar refractivity (Wildman–Crippen MR) is 105 cm³/mol. The van der Waals surface area contributed by atoms with Gasteiger partial charge >= 0.3 is 5.97 Å². The molecular weight excluding hydrogens is 401 g/mol. The Hall–Kier alpha value is -2.87. The molecule has 0 radical (unpaired) electrons. The first-order chi connectivity index (χ1) is 13.7. The average molecular weight is 422 g/mol. The average Bonchev–Trinajstić information content (AvgIpc) is 3.00. The van der Waals surface area contributed by atoms with Crippen LogP contribution in [-0.2, 0) is 4.74 Å². The van der Waals surface area contributed by atoms with Gasteiger partial charge < -0.3 is 19.5 Å². The predicted octanol–water partition coefficient (Wildman–Crippen LogP) is 2.81. The number of hydrogen-bond donors (Lipinski definition) is 1. The van der Waals surface area contributed by atoms with Crippen molar-refractivity contribution >= 4 is 29.4 Å². The molecule has 2 amide bonds. The number of amides is 2. The number of esters is 1. The molecule has 1 aliphatic heterocycles. The van der Waals surface area contributed by atoms with Gasteiger partial charge in [-0.1, -0.05) is 11.6 Å². The Labute approximate surface area is 172 Å². The van der Waals surface area contributed by atoms with E-state index in [4.69, 9.17) is 16.3 Å². The number of carbonyl (C=O) groups excluding carboxylic acids is 3. The fourth-order valence-electron chi connectivity index (χ4n) is 3.48. The van der Waals surface area contributed by atoms with Crippen molar-refractivity contribution in [2.24, 2.45) is 0 Å². The molecule has 7 nitrogen and oxygen atoms in total. The van der Waals surface area contributed by atoms with Crippen LogP contribution in [0.15, 0.2) is 18.2 Å². The third-order valence-corrected chi connectivity index (χ3v) is 5.37. The minimum absolute atomic E-state index is 0.0568. The number of piperazine rings is 1. The summed E-state index contributed by atoms with van der Waals surface area (Å²) in [5, 5.41) is 0.0568. The molecule has 1 N–H and O–H groups in total. The van der Waals surface area contributed by atoms with Crippen molar-refractivity contribution in [1.29, 1.82) is 0 Å². The lowest BCUT2D eigenvalue weighted by atomic mass is 10.1. The number of nitrogens with one attached hydrogen (secondary N) is 1. The normalized spacial score (nSPS) is 14.1. The van der Waals surface area contributed by atoms with Gasteiger partial charge in [0.1, 0.15) is 11.5 Å². The summed E-state index contributed by atoms with van der Waals surface area (Å²) in [5.41, 5.74) is 2.03. The number of rotatable bonds is 3. The summed E-state index contributed by atoms with van der Waals surface area (Å²) in [7, 11) is 1.29. The van der Waals surface area contributed by atoms with E-state index >= 15 is 0 Å². The van der Waals surface area contributed by atoms with E-state index in [-0.39, 0.29) is 22.4 Å². The van der Waals surface area contributed by atoms with E-state index in [0.717, 1.165) is 6.07 Å². The summed E-state index contributed by atoms with van der Waals surface area (Å²) in [4.78, 5) is 43.7. The summed E-state index contributed by atoms with van der Waals surface area (Å²) in [5.74, 6) is -1.55. The van der Waals surface area contributed by atoms with Gasteiger partial charge in [-0.25, -0.2) is 9.18 Å². The minimum atomic E-state index is -0.509. The highest BCUT2D eigenvalue weighted by molar-refractivity contribution is 6.33. The van der Waals surface area contributed by atoms with Crippen molar-refractivity contribution in [3.63, 3.8) is 0 Å². The van der Waals surface area contributed by atoms with Gasteiger partial charge in [0, 0.05) is 31.9 Å². The molecule has 0 saturated carbocycles. The first-order valence-electron chi connectivity index (χ1n) is 9.05. The Balaban J connectivity index is 1.70. The van der Waals surface area contributed by atoms with Crippen LogP contribution in [0.25, 0.3) is 0 Å². The van der Waals surface area contributed by atoms with Crippen molar-refractivity contribution in [2.45, 2.75) is 13.8 Å². The molecule has 1 aromatic heterocycles. The summed E-state index contributed by atoms with van der Waals surface area (Å²) in [6.07, 6.45) is 0. The quantitative estimate of drug-likeness (QED) is 0.772. The van der Waals surface area contributed by atoms with E-state index < -0.39 is 11.8 Å². The molecule has 2 heterocycles. The number of methoxy groups -OCH3 is 1. The van der Waals surface area contributed by atoms with Crippen molar-refractivity contribution in [2.75, 3.05) is 33.3 Å². The number of aryl methyl sites for hydroxylation is 1. The standard InChI is InChI=1S/C20H21ClFN3O4/c1-11-16(20(28)29-3)12(2)23-17(11)19(27)25-8-6-24(7-9-25)18(26)14-5-4-13(22)10-15(14)21/h4-5,10,23H,6-9H2,1-3H3. The Morgan fingerprint density at radius 1 is 1.07 bits per heavy atom. The van der Waals surface area contributed by atoms with Crippen LogP contribution in [0.1, 0.15) is 42.5 Å². The number of hydrogen-bond acceptors (Lipinski definition) is 4. The van der Waals surface area contributed by atoms with Crippen LogP contribution in [0.3, 0.4) is 0 Å². The molecule has 3 rings (SSSR count). The van der Waals surface area contributed by atoms with E-state index in [1.54, 1.807) is 23.6 Å². The second-order valence-corrected chi connectivity index (χ2v) is 7.23. The van der Waals surface area contributed by atoms with Gasteiger partial charge in [0.15, 0.2) is 0 Å². The number of halogens is 2. The number of aromatic amines is 1. The van der Waals surface area contributed by atoms with Crippen LogP contribution in [-0.4, -0.2) is 65.9 Å². The fraction of sp³-hybridized carbons (Fsp3) is 0.350. The number of aromatic nitrogens is 1. The molecule has 0 atom stereocenters. The summed E-state index contributed by atoms with van der Waals surface area (Å²) < 4.78 is 18.0. The second kappa shape index (κ2) is 8.24. The summed E-state index contributed by atoms with van der Waals surface area (Å²) in [6.45, 7) is 4.70. The van der Waals surface area contributed by atoms with Crippen LogP contribution in [0.2, 0.25) is 5.02 Å². The minimum Gasteiger partial charge on any atom is -0.465 e. The molecular formula is C20H21ClFN3O4. The molecule has 1 fully saturated rings. The van der Waals surface area contributed by atoms with E-state index in [9.17, 15) is 18.8 Å². The van der Waals surface area contributed by atoms with E-state index in [0.29, 0.717) is 48.7 Å². The molecule has 0 unspecified atom stereocenters. The Kier molecular flexibility index (Phi) is 5.93. The number of benzene rings is 1. The zero-order chi connectivity index (χ0) is 21.3. The largest absolute Gasteiger partial charge is 0.465 e. The number of nitrogens with zero attached hydrogens (tertiary/aromatic N) is 2. The molecule has 9 heteroatoms. The highest BCUT2D eigenvalue weighted by Crippen LogP contribution is 2.22. The molecule has 1 aliphatic rings. The van der Waals surface area contributed by atoms with E-state index in [1.165, 1.54) is 19.2 Å². The monoisotopic (exact) mass is 421 g/mol. The van der Waals surface area contributed by atoms with Crippen molar-refractivity contribution in [3.05, 3.63) is 57.1 Å².